The minimum absolute atomic E-state index is 0.527. The van der Waals surface area contributed by atoms with Gasteiger partial charge in [0.2, 0.25) is 0 Å². The highest BCUT2D eigenvalue weighted by Gasteiger charge is 2.31. The number of halogens is 2. The Labute approximate surface area is 109 Å². The quantitative estimate of drug-likeness (QED) is 0.822. The molecule has 2 heterocycles. The van der Waals surface area contributed by atoms with Crippen LogP contribution in [0.3, 0.4) is 0 Å². The number of piperazine rings is 1. The van der Waals surface area contributed by atoms with E-state index in [-0.39, 0.29) is 0 Å². The Kier molecular flexibility index (Phi) is 5.33. The average Bonchev–Trinajstić information content (AvgIpc) is 2.38. The van der Waals surface area contributed by atoms with E-state index in [2.05, 4.69) is 10.2 Å². The number of rotatable bonds is 4. The van der Waals surface area contributed by atoms with Gasteiger partial charge in [-0.15, -0.1) is 0 Å². The molecule has 3 nitrogen and oxygen atoms in total. The Hall–Kier alpha value is -0.260. The van der Waals surface area contributed by atoms with Crippen molar-refractivity contribution < 1.29 is 8.78 Å². The molecule has 0 bridgehead atoms. The first-order valence-electron chi connectivity index (χ1n) is 7.08. The van der Waals surface area contributed by atoms with E-state index in [4.69, 9.17) is 0 Å². The molecule has 2 fully saturated rings. The summed E-state index contributed by atoms with van der Waals surface area (Å²) in [7, 11) is 1.81. The highest BCUT2D eigenvalue weighted by Crippen LogP contribution is 2.19. The van der Waals surface area contributed by atoms with E-state index in [1.165, 1.54) is 19.3 Å². The van der Waals surface area contributed by atoms with Gasteiger partial charge < -0.3 is 10.2 Å². The van der Waals surface area contributed by atoms with E-state index < -0.39 is 12.5 Å². The van der Waals surface area contributed by atoms with Crippen LogP contribution in [0, 0.1) is 5.92 Å². The van der Waals surface area contributed by atoms with Gasteiger partial charge in [0.15, 0.2) is 0 Å². The monoisotopic (exact) mass is 261 g/mol. The number of hydrogen-bond acceptors (Lipinski definition) is 3. The summed E-state index contributed by atoms with van der Waals surface area (Å²) < 4.78 is 25.7. The molecule has 5 heteroatoms. The van der Waals surface area contributed by atoms with E-state index in [1.54, 1.807) is 11.9 Å². The molecule has 1 N–H and O–H groups in total. The van der Waals surface area contributed by atoms with Gasteiger partial charge in [-0.25, -0.2) is 8.78 Å². The number of hydrogen-bond donors (Lipinski definition) is 1. The Balaban J connectivity index is 1.72. The van der Waals surface area contributed by atoms with Crippen LogP contribution in [0.15, 0.2) is 0 Å². The molecule has 0 aromatic heterocycles. The van der Waals surface area contributed by atoms with Crippen molar-refractivity contribution in [3.63, 3.8) is 0 Å². The lowest BCUT2D eigenvalue weighted by molar-refractivity contribution is -0.0128. The zero-order valence-corrected chi connectivity index (χ0v) is 11.2. The summed E-state index contributed by atoms with van der Waals surface area (Å²) in [4.78, 5) is 4.02. The molecule has 2 rings (SSSR count). The summed E-state index contributed by atoms with van der Waals surface area (Å²) >= 11 is 0. The third-order valence-electron chi connectivity index (χ3n) is 4.38. The Morgan fingerprint density at radius 1 is 1.22 bits per heavy atom. The summed E-state index contributed by atoms with van der Waals surface area (Å²) in [5.41, 5.74) is 0. The summed E-state index contributed by atoms with van der Waals surface area (Å²) in [5.74, 6) is 0.788. The summed E-state index contributed by atoms with van der Waals surface area (Å²) in [6, 6.07) is -0.577. The predicted octanol–water partition coefficient (Wildman–Crippen LogP) is 1.26. The van der Waals surface area contributed by atoms with Crippen molar-refractivity contribution in [1.82, 2.24) is 15.1 Å². The van der Waals surface area contributed by atoms with Crippen molar-refractivity contribution in [3.8, 4) is 0 Å². The molecule has 0 aromatic carbocycles. The third kappa shape index (κ3) is 3.87. The summed E-state index contributed by atoms with van der Waals surface area (Å²) in [5, 5.41) is 3.36. The van der Waals surface area contributed by atoms with Crippen molar-refractivity contribution in [2.45, 2.75) is 31.7 Å². The second kappa shape index (κ2) is 6.78. The highest BCUT2D eigenvalue weighted by molar-refractivity contribution is 4.82. The Morgan fingerprint density at radius 2 is 1.94 bits per heavy atom. The maximum atomic E-state index is 12.9. The molecule has 2 saturated heterocycles. The normalized spacial score (nSPS) is 29.0. The SMILES string of the molecule is CN1CCN(CCC2CCNCC2)CC1C(F)F. The van der Waals surface area contributed by atoms with Gasteiger partial charge in [-0.1, -0.05) is 0 Å². The van der Waals surface area contributed by atoms with Crippen LogP contribution in [-0.4, -0.2) is 68.6 Å². The second-order valence-corrected chi connectivity index (χ2v) is 5.67. The van der Waals surface area contributed by atoms with Crippen LogP contribution in [0.5, 0.6) is 0 Å². The molecule has 0 radical (unpaired) electrons. The molecule has 0 amide bonds. The van der Waals surface area contributed by atoms with Crippen molar-refractivity contribution in [1.29, 1.82) is 0 Å². The molecular formula is C13H25F2N3. The number of nitrogens with one attached hydrogen (secondary N) is 1. The van der Waals surface area contributed by atoms with Gasteiger partial charge in [0, 0.05) is 19.6 Å². The lowest BCUT2D eigenvalue weighted by atomic mass is 9.94. The largest absolute Gasteiger partial charge is 0.317 e. The van der Waals surface area contributed by atoms with Crippen molar-refractivity contribution in [3.05, 3.63) is 0 Å². The number of nitrogens with zero attached hydrogens (tertiary/aromatic N) is 2. The average molecular weight is 261 g/mol. The number of alkyl halides is 2. The van der Waals surface area contributed by atoms with Crippen LogP contribution < -0.4 is 5.32 Å². The van der Waals surface area contributed by atoms with E-state index in [9.17, 15) is 8.78 Å². The van der Waals surface area contributed by atoms with Gasteiger partial charge in [0.25, 0.3) is 6.43 Å². The van der Waals surface area contributed by atoms with Gasteiger partial charge in [-0.05, 0) is 51.9 Å². The maximum absolute atomic E-state index is 12.9. The van der Waals surface area contributed by atoms with Crippen LogP contribution in [0.2, 0.25) is 0 Å². The third-order valence-corrected chi connectivity index (χ3v) is 4.38. The van der Waals surface area contributed by atoms with E-state index >= 15 is 0 Å². The van der Waals surface area contributed by atoms with Gasteiger partial charge in [0.05, 0.1) is 6.04 Å². The van der Waals surface area contributed by atoms with Crippen molar-refractivity contribution >= 4 is 0 Å². The topological polar surface area (TPSA) is 18.5 Å². The molecule has 0 aromatic rings. The van der Waals surface area contributed by atoms with Gasteiger partial charge in [-0.3, -0.25) is 4.90 Å². The lowest BCUT2D eigenvalue weighted by Gasteiger charge is -2.39. The van der Waals surface area contributed by atoms with Gasteiger partial charge >= 0.3 is 0 Å². The van der Waals surface area contributed by atoms with Crippen LogP contribution in [0.1, 0.15) is 19.3 Å². The first-order chi connectivity index (χ1) is 8.66. The molecule has 1 unspecified atom stereocenters. The summed E-state index contributed by atoms with van der Waals surface area (Å²) in [6.07, 6.45) is 1.43. The van der Waals surface area contributed by atoms with Crippen molar-refractivity contribution in [2.24, 2.45) is 5.92 Å². The standard InChI is InChI=1S/C13H25F2N3/c1-17-8-9-18(10-12(17)13(14)15)7-4-11-2-5-16-6-3-11/h11-13,16H,2-10H2,1H3. The zero-order valence-electron chi connectivity index (χ0n) is 11.2. The number of likely N-dealkylation sites (N-methyl/N-ethyl adjacent to an activating group) is 1. The van der Waals surface area contributed by atoms with E-state index in [0.717, 1.165) is 38.6 Å². The molecule has 18 heavy (non-hydrogen) atoms. The summed E-state index contributed by atoms with van der Waals surface area (Å²) in [6.45, 7) is 5.45. The smallest absolute Gasteiger partial charge is 0.255 e. The molecule has 2 aliphatic rings. The zero-order chi connectivity index (χ0) is 13.0. The van der Waals surface area contributed by atoms with Crippen LogP contribution >= 0.6 is 0 Å². The van der Waals surface area contributed by atoms with Crippen molar-refractivity contribution in [2.75, 3.05) is 46.3 Å². The van der Waals surface area contributed by atoms with E-state index in [0.29, 0.717) is 6.54 Å². The molecule has 106 valence electrons. The fourth-order valence-corrected chi connectivity index (χ4v) is 2.97. The van der Waals surface area contributed by atoms with Gasteiger partial charge in [0.1, 0.15) is 0 Å². The molecule has 0 saturated carbocycles. The Bertz CT molecular complexity index is 244. The molecular weight excluding hydrogens is 236 g/mol. The second-order valence-electron chi connectivity index (χ2n) is 5.67. The van der Waals surface area contributed by atoms with Gasteiger partial charge in [-0.2, -0.15) is 0 Å². The van der Waals surface area contributed by atoms with Crippen LogP contribution in [0.4, 0.5) is 8.78 Å². The fraction of sp³-hybridized carbons (Fsp3) is 1.00. The minimum atomic E-state index is -2.23. The predicted molar refractivity (Wildman–Crippen MR) is 69.1 cm³/mol. The van der Waals surface area contributed by atoms with Crippen LogP contribution in [-0.2, 0) is 0 Å². The minimum Gasteiger partial charge on any atom is -0.317 e. The molecule has 1 atom stereocenters. The molecule has 2 aliphatic heterocycles. The Morgan fingerprint density at radius 3 is 2.61 bits per heavy atom. The lowest BCUT2D eigenvalue weighted by Crippen LogP contribution is -2.54. The van der Waals surface area contributed by atoms with E-state index in [1.807, 2.05) is 0 Å². The maximum Gasteiger partial charge on any atom is 0.255 e. The number of piperidine rings is 1. The fourth-order valence-electron chi connectivity index (χ4n) is 2.97. The molecule has 0 spiro atoms. The first kappa shape index (κ1) is 14.2. The van der Waals surface area contributed by atoms with Crippen LogP contribution in [0.25, 0.3) is 0 Å². The molecule has 0 aliphatic carbocycles. The highest BCUT2D eigenvalue weighted by atomic mass is 19.3. The first-order valence-corrected chi connectivity index (χ1v) is 7.08.